The zero-order valence-corrected chi connectivity index (χ0v) is 17.3. The molecular formula is C20H24BrN3O3. The molecule has 0 bridgehead atoms. The Morgan fingerprint density at radius 1 is 0.963 bits per heavy atom. The van der Waals surface area contributed by atoms with Gasteiger partial charge in [-0.3, -0.25) is 10.2 Å². The molecule has 0 aliphatic rings. The van der Waals surface area contributed by atoms with E-state index in [1.54, 1.807) is 30.3 Å². The Kier molecular flexibility index (Phi) is 6.85. The van der Waals surface area contributed by atoms with Gasteiger partial charge < -0.3 is 10.4 Å². The van der Waals surface area contributed by atoms with Crippen molar-refractivity contribution >= 4 is 33.6 Å². The third-order valence-electron chi connectivity index (χ3n) is 4.09. The molecule has 0 aliphatic heterocycles. The van der Waals surface area contributed by atoms with Crippen LogP contribution in [0.1, 0.15) is 61.0 Å². The van der Waals surface area contributed by atoms with Crippen molar-refractivity contribution in [2.75, 3.05) is 5.32 Å². The van der Waals surface area contributed by atoms with Gasteiger partial charge in [0.05, 0.1) is 5.56 Å². The van der Waals surface area contributed by atoms with Crippen molar-refractivity contribution in [1.82, 2.24) is 10.9 Å². The summed E-state index contributed by atoms with van der Waals surface area (Å²) in [5.74, 6) is -0.392. The predicted octanol–water partition coefficient (Wildman–Crippen LogP) is 4.87. The zero-order chi connectivity index (χ0) is 20.1. The van der Waals surface area contributed by atoms with Crippen LogP contribution >= 0.6 is 15.9 Å². The largest absolute Gasteiger partial charge is 0.507 e. The molecule has 0 unspecified atom stereocenters. The Morgan fingerprint density at radius 3 is 2.15 bits per heavy atom. The van der Waals surface area contributed by atoms with E-state index in [1.165, 1.54) is 0 Å². The maximum atomic E-state index is 12.5. The maximum absolute atomic E-state index is 12.5. The highest BCUT2D eigenvalue weighted by atomic mass is 79.9. The van der Waals surface area contributed by atoms with Crippen LogP contribution in [0.25, 0.3) is 0 Å². The number of carbonyl (C=O) groups is 2. The number of aromatic hydroxyl groups is 1. The van der Waals surface area contributed by atoms with Crippen LogP contribution in [0.15, 0.2) is 40.9 Å². The van der Waals surface area contributed by atoms with Crippen molar-refractivity contribution in [1.29, 1.82) is 0 Å². The van der Waals surface area contributed by atoms with Crippen molar-refractivity contribution in [3.8, 4) is 5.75 Å². The van der Waals surface area contributed by atoms with Crippen LogP contribution in [-0.2, 0) is 0 Å². The van der Waals surface area contributed by atoms with Gasteiger partial charge in [0.1, 0.15) is 5.75 Å². The van der Waals surface area contributed by atoms with E-state index in [9.17, 15) is 14.7 Å². The summed E-state index contributed by atoms with van der Waals surface area (Å²) in [4.78, 5) is 24.5. The monoisotopic (exact) mass is 433 g/mol. The number of urea groups is 1. The Bertz CT molecular complexity index is 833. The number of anilines is 1. The van der Waals surface area contributed by atoms with Crippen molar-refractivity contribution in [2.45, 2.75) is 39.5 Å². The van der Waals surface area contributed by atoms with Gasteiger partial charge in [0.15, 0.2) is 0 Å². The quantitative estimate of drug-likeness (QED) is 0.518. The first-order chi connectivity index (χ1) is 12.7. The third kappa shape index (κ3) is 5.47. The molecule has 4 N–H and O–H groups in total. The summed E-state index contributed by atoms with van der Waals surface area (Å²) in [5.41, 5.74) is 6.99. The fourth-order valence-corrected chi connectivity index (χ4v) is 2.77. The van der Waals surface area contributed by atoms with Gasteiger partial charge in [0.2, 0.25) is 0 Å². The zero-order valence-electron chi connectivity index (χ0n) is 15.8. The van der Waals surface area contributed by atoms with Crippen LogP contribution in [0.3, 0.4) is 0 Å². The van der Waals surface area contributed by atoms with Crippen LogP contribution in [0, 0.1) is 0 Å². The first kappa shape index (κ1) is 20.8. The highest BCUT2D eigenvalue weighted by molar-refractivity contribution is 9.10. The van der Waals surface area contributed by atoms with Gasteiger partial charge in [-0.15, -0.1) is 0 Å². The number of nitrogens with one attached hydrogen (secondary N) is 3. The van der Waals surface area contributed by atoms with Crippen LogP contribution < -0.4 is 16.2 Å². The maximum Gasteiger partial charge on any atom is 0.337 e. The van der Waals surface area contributed by atoms with Crippen molar-refractivity contribution in [3.05, 3.63) is 57.6 Å². The van der Waals surface area contributed by atoms with Gasteiger partial charge in [-0.25, -0.2) is 10.2 Å². The van der Waals surface area contributed by atoms with Gasteiger partial charge in [-0.05, 0) is 53.3 Å². The summed E-state index contributed by atoms with van der Waals surface area (Å²) in [6.45, 7) is 7.93. The predicted molar refractivity (Wildman–Crippen MR) is 110 cm³/mol. The molecule has 0 spiro atoms. The number of hydrazine groups is 1. The molecule has 2 rings (SSSR count). The lowest BCUT2D eigenvalue weighted by Gasteiger charge is -2.17. The molecule has 0 atom stereocenters. The van der Waals surface area contributed by atoms with Crippen LogP contribution in [0.5, 0.6) is 5.75 Å². The Morgan fingerprint density at radius 2 is 1.59 bits per heavy atom. The van der Waals surface area contributed by atoms with E-state index >= 15 is 0 Å². The second-order valence-electron chi connectivity index (χ2n) is 6.86. The van der Waals surface area contributed by atoms with E-state index in [2.05, 4.69) is 32.1 Å². The summed E-state index contributed by atoms with van der Waals surface area (Å²) in [6, 6.07) is 9.99. The van der Waals surface area contributed by atoms with E-state index in [0.717, 1.165) is 10.0 Å². The molecule has 0 aliphatic carbocycles. The summed E-state index contributed by atoms with van der Waals surface area (Å²) in [7, 11) is 0. The van der Waals surface area contributed by atoms with E-state index in [1.807, 2.05) is 33.8 Å². The Labute approximate surface area is 167 Å². The lowest BCUT2D eigenvalue weighted by molar-refractivity contribution is 0.0935. The van der Waals surface area contributed by atoms with Gasteiger partial charge in [0.25, 0.3) is 5.91 Å². The normalized spacial score (nSPS) is 10.8. The number of hydrogen-bond acceptors (Lipinski definition) is 3. The molecule has 6 nitrogen and oxygen atoms in total. The van der Waals surface area contributed by atoms with Crippen molar-refractivity contribution in [2.24, 2.45) is 0 Å². The summed E-state index contributed by atoms with van der Waals surface area (Å²) < 4.78 is 0.892. The molecule has 0 heterocycles. The molecule has 2 aromatic rings. The number of carbonyl (C=O) groups excluding carboxylic acids is 2. The minimum absolute atomic E-state index is 0.0592. The average Bonchev–Trinajstić information content (AvgIpc) is 2.61. The molecule has 0 radical (unpaired) electrons. The molecule has 27 heavy (non-hydrogen) atoms. The Balaban J connectivity index is 2.10. The van der Waals surface area contributed by atoms with Gasteiger partial charge in [0, 0.05) is 10.2 Å². The SMILES string of the molecule is CC(C)c1cc(C(=O)NNC(=O)Nc2ccc(Br)cc2)c(O)c(C(C)C)c1. The van der Waals surface area contributed by atoms with Crippen LogP contribution in [0.2, 0.25) is 0 Å². The highest BCUT2D eigenvalue weighted by Crippen LogP contribution is 2.32. The number of amides is 3. The number of rotatable bonds is 4. The smallest absolute Gasteiger partial charge is 0.337 e. The van der Waals surface area contributed by atoms with Crippen molar-refractivity contribution < 1.29 is 14.7 Å². The second-order valence-corrected chi connectivity index (χ2v) is 7.77. The van der Waals surface area contributed by atoms with E-state index in [0.29, 0.717) is 11.3 Å². The summed E-state index contributed by atoms with van der Waals surface area (Å²) in [6.07, 6.45) is 0. The molecule has 0 saturated carbocycles. The lowest BCUT2D eigenvalue weighted by atomic mass is 9.92. The lowest BCUT2D eigenvalue weighted by Crippen LogP contribution is -2.44. The topological polar surface area (TPSA) is 90.5 Å². The third-order valence-corrected chi connectivity index (χ3v) is 4.62. The number of phenolic OH excluding ortho intramolecular Hbond substituents is 1. The number of phenols is 1. The Hall–Kier alpha value is -2.54. The first-order valence-electron chi connectivity index (χ1n) is 8.68. The van der Waals surface area contributed by atoms with Gasteiger partial charge in [-0.1, -0.05) is 49.7 Å². The molecular weight excluding hydrogens is 410 g/mol. The van der Waals surface area contributed by atoms with Gasteiger partial charge in [-0.2, -0.15) is 0 Å². The molecule has 3 amide bonds. The number of halogens is 1. The standard InChI is InChI=1S/C20H24BrN3O3/c1-11(2)13-9-16(12(3)4)18(25)17(10-13)19(26)23-24-20(27)22-15-7-5-14(21)6-8-15/h5-12,25H,1-4H3,(H,23,26)(H2,22,24,27). The fraction of sp³-hybridized carbons (Fsp3) is 0.300. The summed E-state index contributed by atoms with van der Waals surface area (Å²) in [5, 5.41) is 13.1. The summed E-state index contributed by atoms with van der Waals surface area (Å²) >= 11 is 3.32. The molecule has 0 saturated heterocycles. The van der Waals surface area contributed by atoms with E-state index in [4.69, 9.17) is 0 Å². The van der Waals surface area contributed by atoms with Crippen LogP contribution in [-0.4, -0.2) is 17.0 Å². The van der Waals surface area contributed by atoms with E-state index < -0.39 is 11.9 Å². The highest BCUT2D eigenvalue weighted by Gasteiger charge is 2.19. The van der Waals surface area contributed by atoms with Crippen molar-refractivity contribution in [3.63, 3.8) is 0 Å². The minimum Gasteiger partial charge on any atom is -0.507 e. The fourth-order valence-electron chi connectivity index (χ4n) is 2.50. The number of hydrogen-bond donors (Lipinski definition) is 4. The molecule has 7 heteroatoms. The van der Waals surface area contributed by atoms with E-state index in [-0.39, 0.29) is 23.1 Å². The van der Waals surface area contributed by atoms with Gasteiger partial charge >= 0.3 is 6.03 Å². The first-order valence-corrected chi connectivity index (χ1v) is 9.48. The minimum atomic E-state index is -0.589. The van der Waals surface area contributed by atoms with Crippen LogP contribution in [0.4, 0.5) is 10.5 Å². The molecule has 2 aromatic carbocycles. The molecule has 0 fully saturated rings. The second kappa shape index (κ2) is 8.90. The average molecular weight is 434 g/mol. The molecule has 144 valence electrons. The molecule has 0 aromatic heterocycles. The number of benzene rings is 2.